The standard InChI is InChI=1S/C24H15ClS/c25-22-11-9-16(10-12-22)18-7-5-17-6-8-20(14-21(17)13-18)24-15-19-3-1-2-4-23(19)26-24/h1-15H. The van der Waals surface area contributed by atoms with Crippen molar-refractivity contribution in [1.82, 2.24) is 0 Å². The van der Waals surface area contributed by atoms with Crippen LogP contribution in [0.1, 0.15) is 0 Å². The average Bonchev–Trinajstić information content (AvgIpc) is 3.12. The first-order valence-corrected chi connectivity index (χ1v) is 9.74. The molecule has 26 heavy (non-hydrogen) atoms. The van der Waals surface area contributed by atoms with E-state index in [1.165, 1.54) is 42.4 Å². The highest BCUT2D eigenvalue weighted by Crippen LogP contribution is 2.35. The van der Waals surface area contributed by atoms with Gasteiger partial charge < -0.3 is 0 Å². The van der Waals surface area contributed by atoms with Gasteiger partial charge >= 0.3 is 0 Å². The predicted molar refractivity (Wildman–Crippen MR) is 115 cm³/mol. The zero-order valence-corrected chi connectivity index (χ0v) is 15.5. The van der Waals surface area contributed by atoms with E-state index in [1.54, 1.807) is 0 Å². The summed E-state index contributed by atoms with van der Waals surface area (Å²) in [5.41, 5.74) is 3.66. The second-order valence-electron chi connectivity index (χ2n) is 6.43. The van der Waals surface area contributed by atoms with Gasteiger partial charge in [-0.05, 0) is 69.2 Å². The molecule has 5 aromatic rings. The Morgan fingerprint density at radius 1 is 0.538 bits per heavy atom. The summed E-state index contributed by atoms with van der Waals surface area (Å²) < 4.78 is 1.33. The molecule has 0 amide bonds. The maximum absolute atomic E-state index is 6.02. The van der Waals surface area contributed by atoms with E-state index >= 15 is 0 Å². The Balaban J connectivity index is 1.62. The Labute approximate surface area is 161 Å². The lowest BCUT2D eigenvalue weighted by atomic mass is 9.99. The van der Waals surface area contributed by atoms with Gasteiger partial charge in [0.05, 0.1) is 0 Å². The van der Waals surface area contributed by atoms with Gasteiger partial charge in [0.15, 0.2) is 0 Å². The Morgan fingerprint density at radius 2 is 1.23 bits per heavy atom. The third-order valence-electron chi connectivity index (χ3n) is 4.73. The molecule has 0 nitrogen and oxygen atoms in total. The molecule has 1 aromatic heterocycles. The van der Waals surface area contributed by atoms with Crippen molar-refractivity contribution >= 4 is 43.8 Å². The predicted octanol–water partition coefficient (Wildman–Crippen LogP) is 8.04. The van der Waals surface area contributed by atoms with E-state index < -0.39 is 0 Å². The minimum atomic E-state index is 0.765. The van der Waals surface area contributed by atoms with Crippen molar-refractivity contribution in [3.8, 4) is 21.6 Å². The van der Waals surface area contributed by atoms with Gasteiger partial charge in [-0.2, -0.15) is 0 Å². The van der Waals surface area contributed by atoms with E-state index in [0.717, 1.165) is 5.02 Å². The van der Waals surface area contributed by atoms with Crippen LogP contribution in [0.4, 0.5) is 0 Å². The Morgan fingerprint density at radius 3 is 2.04 bits per heavy atom. The topological polar surface area (TPSA) is 0 Å². The SMILES string of the molecule is Clc1ccc(-c2ccc3ccc(-c4cc5ccccc5s4)cc3c2)cc1. The maximum Gasteiger partial charge on any atom is 0.0406 e. The van der Waals surface area contributed by atoms with Gasteiger partial charge in [-0.15, -0.1) is 11.3 Å². The maximum atomic E-state index is 6.02. The smallest absolute Gasteiger partial charge is 0.0406 e. The highest BCUT2D eigenvalue weighted by Gasteiger charge is 2.06. The molecule has 0 radical (unpaired) electrons. The largest absolute Gasteiger partial charge is 0.135 e. The third-order valence-corrected chi connectivity index (χ3v) is 6.14. The van der Waals surface area contributed by atoms with Crippen molar-refractivity contribution in [3.63, 3.8) is 0 Å². The van der Waals surface area contributed by atoms with Crippen LogP contribution in [0.3, 0.4) is 0 Å². The van der Waals surface area contributed by atoms with Crippen LogP contribution >= 0.6 is 22.9 Å². The lowest BCUT2D eigenvalue weighted by molar-refractivity contribution is 1.64. The summed E-state index contributed by atoms with van der Waals surface area (Å²) >= 11 is 7.86. The molecule has 0 aliphatic heterocycles. The molecule has 124 valence electrons. The van der Waals surface area contributed by atoms with E-state index in [0.29, 0.717) is 0 Å². The van der Waals surface area contributed by atoms with E-state index in [2.05, 4.69) is 78.9 Å². The summed E-state index contributed by atoms with van der Waals surface area (Å²) in [5.74, 6) is 0. The lowest BCUT2D eigenvalue weighted by Crippen LogP contribution is -1.80. The second kappa shape index (κ2) is 6.28. The first-order valence-electron chi connectivity index (χ1n) is 8.55. The summed E-state index contributed by atoms with van der Waals surface area (Å²) in [6.07, 6.45) is 0. The third kappa shape index (κ3) is 2.80. The summed E-state index contributed by atoms with van der Waals surface area (Å²) in [5, 5.41) is 4.59. The minimum Gasteiger partial charge on any atom is -0.135 e. The Kier molecular flexibility index (Phi) is 3.77. The highest BCUT2D eigenvalue weighted by atomic mass is 35.5. The molecular weight excluding hydrogens is 356 g/mol. The monoisotopic (exact) mass is 370 g/mol. The van der Waals surface area contributed by atoms with Crippen LogP contribution in [0.25, 0.3) is 42.4 Å². The molecule has 0 saturated heterocycles. The zero-order chi connectivity index (χ0) is 17.5. The van der Waals surface area contributed by atoms with Crippen molar-refractivity contribution in [2.75, 3.05) is 0 Å². The highest BCUT2D eigenvalue weighted by molar-refractivity contribution is 7.22. The number of thiophene rings is 1. The molecule has 1 heterocycles. The molecule has 0 aliphatic carbocycles. The van der Waals surface area contributed by atoms with Crippen molar-refractivity contribution in [2.24, 2.45) is 0 Å². The lowest BCUT2D eigenvalue weighted by Gasteiger charge is -2.06. The van der Waals surface area contributed by atoms with Crippen LogP contribution in [0.15, 0.2) is 91.0 Å². The summed E-state index contributed by atoms with van der Waals surface area (Å²) in [4.78, 5) is 1.31. The zero-order valence-electron chi connectivity index (χ0n) is 13.9. The molecular formula is C24H15ClS. The first kappa shape index (κ1) is 15.6. The molecule has 0 fully saturated rings. The number of halogens is 1. The molecule has 5 rings (SSSR count). The van der Waals surface area contributed by atoms with Crippen LogP contribution in [0.5, 0.6) is 0 Å². The molecule has 0 N–H and O–H groups in total. The first-order chi connectivity index (χ1) is 12.8. The van der Waals surface area contributed by atoms with Crippen molar-refractivity contribution in [2.45, 2.75) is 0 Å². The molecule has 4 aromatic carbocycles. The van der Waals surface area contributed by atoms with E-state index in [9.17, 15) is 0 Å². The van der Waals surface area contributed by atoms with Crippen LogP contribution in [0.2, 0.25) is 5.02 Å². The second-order valence-corrected chi connectivity index (χ2v) is 7.95. The van der Waals surface area contributed by atoms with Crippen molar-refractivity contribution < 1.29 is 0 Å². The van der Waals surface area contributed by atoms with Gasteiger partial charge in [0.1, 0.15) is 0 Å². The number of fused-ring (bicyclic) bond motifs is 2. The minimum absolute atomic E-state index is 0.765. The fourth-order valence-corrected chi connectivity index (χ4v) is 4.53. The molecule has 0 aliphatic rings. The summed E-state index contributed by atoms with van der Waals surface area (Å²) in [6.45, 7) is 0. The quantitative estimate of drug-likeness (QED) is 0.295. The van der Waals surface area contributed by atoms with Crippen LogP contribution in [-0.2, 0) is 0 Å². The van der Waals surface area contributed by atoms with Gasteiger partial charge in [-0.25, -0.2) is 0 Å². The molecule has 2 heteroatoms. The molecule has 0 unspecified atom stereocenters. The van der Waals surface area contributed by atoms with Crippen molar-refractivity contribution in [1.29, 1.82) is 0 Å². The molecule has 0 atom stereocenters. The average molecular weight is 371 g/mol. The number of hydrogen-bond acceptors (Lipinski definition) is 1. The fraction of sp³-hybridized carbons (Fsp3) is 0. The molecule has 0 saturated carbocycles. The molecule has 0 bridgehead atoms. The molecule has 0 spiro atoms. The van der Waals surface area contributed by atoms with E-state index in [-0.39, 0.29) is 0 Å². The van der Waals surface area contributed by atoms with Gasteiger partial charge in [-0.1, -0.05) is 66.2 Å². The Hall–Kier alpha value is -2.61. The van der Waals surface area contributed by atoms with Crippen LogP contribution < -0.4 is 0 Å². The van der Waals surface area contributed by atoms with Gasteiger partial charge in [-0.3, -0.25) is 0 Å². The normalized spacial score (nSPS) is 11.3. The van der Waals surface area contributed by atoms with Crippen LogP contribution in [0, 0.1) is 0 Å². The summed E-state index contributed by atoms with van der Waals surface area (Å²) in [6, 6.07) is 32.2. The van der Waals surface area contributed by atoms with Crippen LogP contribution in [-0.4, -0.2) is 0 Å². The van der Waals surface area contributed by atoms with E-state index in [4.69, 9.17) is 11.6 Å². The van der Waals surface area contributed by atoms with E-state index in [1.807, 2.05) is 23.5 Å². The summed E-state index contributed by atoms with van der Waals surface area (Å²) in [7, 11) is 0. The Bertz CT molecular complexity index is 1200. The van der Waals surface area contributed by atoms with Gasteiger partial charge in [0.2, 0.25) is 0 Å². The van der Waals surface area contributed by atoms with Crippen molar-refractivity contribution in [3.05, 3.63) is 96.0 Å². The van der Waals surface area contributed by atoms with Gasteiger partial charge in [0, 0.05) is 14.6 Å². The van der Waals surface area contributed by atoms with Gasteiger partial charge in [0.25, 0.3) is 0 Å². The number of rotatable bonds is 2. The fourth-order valence-electron chi connectivity index (χ4n) is 3.35. The number of benzene rings is 4. The number of hydrogen-bond donors (Lipinski definition) is 0.